The van der Waals surface area contributed by atoms with Crippen LogP contribution in [0.3, 0.4) is 0 Å². The lowest BCUT2D eigenvalue weighted by Gasteiger charge is -2.21. The second kappa shape index (κ2) is 6.10. The summed E-state index contributed by atoms with van der Waals surface area (Å²) in [4.78, 5) is 2.29. The van der Waals surface area contributed by atoms with E-state index in [0.717, 1.165) is 56.8 Å². The lowest BCUT2D eigenvalue weighted by molar-refractivity contribution is 0.252. The Morgan fingerprint density at radius 2 is 1.90 bits per heavy atom. The van der Waals surface area contributed by atoms with E-state index in [-0.39, 0.29) is 5.25 Å². The fourth-order valence-corrected chi connectivity index (χ4v) is 4.73. The third-order valence-electron chi connectivity index (χ3n) is 4.30. The first-order valence-electron chi connectivity index (χ1n) is 7.88. The molecule has 1 saturated heterocycles. The summed E-state index contributed by atoms with van der Waals surface area (Å²) in [6.07, 6.45) is 3.49. The van der Waals surface area contributed by atoms with Gasteiger partial charge >= 0.3 is 0 Å². The normalized spacial score (nSPS) is 22.3. The van der Waals surface area contributed by atoms with Crippen molar-refractivity contribution in [1.29, 1.82) is 0 Å². The molecule has 0 bridgehead atoms. The van der Waals surface area contributed by atoms with Crippen LogP contribution in [0.25, 0.3) is 0 Å². The van der Waals surface area contributed by atoms with E-state index in [2.05, 4.69) is 11.8 Å². The third-order valence-corrected chi connectivity index (χ3v) is 6.70. The molecule has 0 atom stereocenters. The summed E-state index contributed by atoms with van der Waals surface area (Å²) in [6, 6.07) is 4.06. The van der Waals surface area contributed by atoms with E-state index in [1.165, 1.54) is 0 Å². The molecule has 2 aliphatic rings. The Morgan fingerprint density at radius 1 is 1.14 bits per heavy atom. The molecule has 2 heterocycles. The van der Waals surface area contributed by atoms with Gasteiger partial charge in [0.2, 0.25) is 10.0 Å². The molecule has 6 heteroatoms. The Morgan fingerprint density at radius 3 is 2.57 bits per heavy atom. The molecule has 1 saturated carbocycles. The van der Waals surface area contributed by atoms with E-state index in [9.17, 15) is 8.42 Å². The Labute approximate surface area is 127 Å². The molecule has 5 nitrogen and oxygen atoms in total. The molecule has 0 aromatic carbocycles. The number of aryl methyl sites for hydroxylation is 1. The lowest BCUT2D eigenvalue weighted by atomic mass is 10.3. The molecule has 1 aromatic rings. The van der Waals surface area contributed by atoms with Gasteiger partial charge in [-0.15, -0.1) is 0 Å². The predicted molar refractivity (Wildman–Crippen MR) is 81.5 cm³/mol. The number of hydrogen-bond donors (Lipinski definition) is 0. The third kappa shape index (κ3) is 3.49. The zero-order valence-electron chi connectivity index (χ0n) is 12.6. The summed E-state index contributed by atoms with van der Waals surface area (Å²) >= 11 is 0. The topological polar surface area (TPSA) is 53.8 Å². The number of rotatable bonds is 5. The van der Waals surface area contributed by atoms with Crippen molar-refractivity contribution in [1.82, 2.24) is 9.21 Å². The maximum absolute atomic E-state index is 12.3. The van der Waals surface area contributed by atoms with E-state index in [1.54, 1.807) is 4.31 Å². The molecule has 2 fully saturated rings. The molecular formula is C15H24N2O3S. The minimum Gasteiger partial charge on any atom is -0.465 e. The SMILES string of the molecule is CCc1ccc(CN2CCCN(S(=O)(=O)C3CC3)CC2)o1. The van der Waals surface area contributed by atoms with Crippen LogP contribution in [0, 0.1) is 0 Å². The summed E-state index contributed by atoms with van der Waals surface area (Å²) in [7, 11) is -3.03. The van der Waals surface area contributed by atoms with Gasteiger partial charge in [0.15, 0.2) is 0 Å². The number of nitrogens with zero attached hydrogens (tertiary/aromatic N) is 2. The van der Waals surface area contributed by atoms with Crippen LogP contribution in [0.4, 0.5) is 0 Å². The van der Waals surface area contributed by atoms with Crippen LogP contribution < -0.4 is 0 Å². The fraction of sp³-hybridized carbons (Fsp3) is 0.733. The predicted octanol–water partition coefficient (Wildman–Crippen LogP) is 1.84. The molecule has 1 aliphatic heterocycles. The average Bonchev–Trinajstić information content (AvgIpc) is 3.25. The molecule has 1 aliphatic carbocycles. The minimum atomic E-state index is -3.03. The molecular weight excluding hydrogens is 288 g/mol. The maximum atomic E-state index is 12.3. The zero-order valence-corrected chi connectivity index (χ0v) is 13.4. The van der Waals surface area contributed by atoms with Gasteiger partial charge in [0, 0.05) is 26.1 Å². The van der Waals surface area contributed by atoms with Gasteiger partial charge in [0.1, 0.15) is 11.5 Å². The molecule has 118 valence electrons. The van der Waals surface area contributed by atoms with Crippen molar-refractivity contribution in [3.8, 4) is 0 Å². The zero-order chi connectivity index (χ0) is 14.9. The van der Waals surface area contributed by atoms with Gasteiger partial charge in [0.25, 0.3) is 0 Å². The molecule has 0 unspecified atom stereocenters. The highest BCUT2D eigenvalue weighted by atomic mass is 32.2. The Hall–Kier alpha value is -0.850. The van der Waals surface area contributed by atoms with E-state index >= 15 is 0 Å². The van der Waals surface area contributed by atoms with Gasteiger partial charge in [-0.05, 0) is 37.9 Å². The van der Waals surface area contributed by atoms with Crippen molar-refractivity contribution < 1.29 is 12.8 Å². The minimum absolute atomic E-state index is 0.0961. The molecule has 0 amide bonds. The molecule has 21 heavy (non-hydrogen) atoms. The highest BCUT2D eigenvalue weighted by molar-refractivity contribution is 7.90. The largest absolute Gasteiger partial charge is 0.465 e. The van der Waals surface area contributed by atoms with E-state index in [0.29, 0.717) is 13.1 Å². The summed E-state index contributed by atoms with van der Waals surface area (Å²) in [6.45, 7) is 5.84. The van der Waals surface area contributed by atoms with Crippen molar-refractivity contribution in [2.45, 2.75) is 44.4 Å². The van der Waals surface area contributed by atoms with Crippen molar-refractivity contribution in [2.24, 2.45) is 0 Å². The van der Waals surface area contributed by atoms with Crippen LogP contribution >= 0.6 is 0 Å². The summed E-state index contributed by atoms with van der Waals surface area (Å²) in [5, 5.41) is -0.0961. The lowest BCUT2D eigenvalue weighted by Crippen LogP contribution is -2.37. The number of furan rings is 1. The van der Waals surface area contributed by atoms with Gasteiger partial charge in [-0.1, -0.05) is 6.92 Å². The Bertz CT molecular complexity index is 577. The summed E-state index contributed by atoms with van der Waals surface area (Å²) in [5.74, 6) is 1.99. The molecule has 0 N–H and O–H groups in total. The molecule has 3 rings (SSSR count). The van der Waals surface area contributed by atoms with Crippen LogP contribution in [0.1, 0.15) is 37.7 Å². The number of sulfonamides is 1. The highest BCUT2D eigenvalue weighted by Gasteiger charge is 2.40. The Kier molecular flexibility index (Phi) is 4.38. The quantitative estimate of drug-likeness (QED) is 0.832. The standard InChI is InChI=1S/C15H24N2O3S/c1-2-13-4-5-14(20-13)12-16-8-3-9-17(11-10-16)21(18,19)15-6-7-15/h4-5,15H,2-3,6-12H2,1H3. The van der Waals surface area contributed by atoms with Crippen LogP contribution in [-0.4, -0.2) is 49.1 Å². The van der Waals surface area contributed by atoms with Gasteiger partial charge in [0.05, 0.1) is 11.8 Å². The van der Waals surface area contributed by atoms with E-state index in [4.69, 9.17) is 4.42 Å². The van der Waals surface area contributed by atoms with Crippen LogP contribution in [0.2, 0.25) is 0 Å². The Balaban J connectivity index is 1.58. The maximum Gasteiger partial charge on any atom is 0.217 e. The monoisotopic (exact) mass is 312 g/mol. The first kappa shape index (κ1) is 15.1. The summed E-state index contributed by atoms with van der Waals surface area (Å²) in [5.41, 5.74) is 0. The second-order valence-electron chi connectivity index (χ2n) is 5.99. The van der Waals surface area contributed by atoms with Crippen molar-refractivity contribution >= 4 is 10.0 Å². The van der Waals surface area contributed by atoms with Crippen molar-refractivity contribution in [3.05, 3.63) is 23.7 Å². The average molecular weight is 312 g/mol. The number of hydrogen-bond acceptors (Lipinski definition) is 4. The van der Waals surface area contributed by atoms with E-state index in [1.807, 2.05) is 12.1 Å². The first-order valence-corrected chi connectivity index (χ1v) is 9.39. The fourth-order valence-electron chi connectivity index (χ4n) is 2.85. The van der Waals surface area contributed by atoms with Crippen LogP contribution in [0.5, 0.6) is 0 Å². The van der Waals surface area contributed by atoms with Gasteiger partial charge in [-0.25, -0.2) is 12.7 Å². The first-order chi connectivity index (χ1) is 10.1. The summed E-state index contributed by atoms with van der Waals surface area (Å²) < 4.78 is 32.0. The molecule has 1 aromatic heterocycles. The van der Waals surface area contributed by atoms with Gasteiger partial charge in [-0.3, -0.25) is 4.90 Å². The van der Waals surface area contributed by atoms with Gasteiger partial charge in [-0.2, -0.15) is 0 Å². The van der Waals surface area contributed by atoms with Crippen molar-refractivity contribution in [3.63, 3.8) is 0 Å². The van der Waals surface area contributed by atoms with E-state index < -0.39 is 10.0 Å². The van der Waals surface area contributed by atoms with Gasteiger partial charge < -0.3 is 4.42 Å². The van der Waals surface area contributed by atoms with Crippen LogP contribution in [-0.2, 0) is 23.0 Å². The molecule has 0 radical (unpaired) electrons. The second-order valence-corrected chi connectivity index (χ2v) is 8.21. The van der Waals surface area contributed by atoms with Crippen LogP contribution in [0.15, 0.2) is 16.5 Å². The molecule has 0 spiro atoms. The smallest absolute Gasteiger partial charge is 0.217 e. The van der Waals surface area contributed by atoms with Crippen molar-refractivity contribution in [2.75, 3.05) is 26.2 Å². The highest BCUT2D eigenvalue weighted by Crippen LogP contribution is 2.31.